The molecule has 0 aliphatic heterocycles. The molecule has 0 unspecified atom stereocenters. The van der Waals surface area contributed by atoms with Crippen LogP contribution in [0, 0.1) is 11.6 Å². The Morgan fingerprint density at radius 3 is 2.26 bits per heavy atom. The summed E-state index contributed by atoms with van der Waals surface area (Å²) < 4.78 is 26.1. The minimum atomic E-state index is -0.636. The maximum absolute atomic E-state index is 13.4. The van der Waals surface area contributed by atoms with E-state index in [4.69, 9.17) is 23.2 Å². The van der Waals surface area contributed by atoms with Gasteiger partial charge in [0.05, 0.1) is 10.0 Å². The van der Waals surface area contributed by atoms with Gasteiger partial charge in [0.25, 0.3) is 0 Å². The Morgan fingerprint density at radius 2 is 1.68 bits per heavy atom. The van der Waals surface area contributed by atoms with Crippen molar-refractivity contribution < 1.29 is 13.9 Å². The van der Waals surface area contributed by atoms with Crippen LogP contribution in [0.15, 0.2) is 30.3 Å². The minimum Gasteiger partial charge on any atom is -0.505 e. The molecule has 0 spiro atoms. The Labute approximate surface area is 118 Å². The molecule has 0 fully saturated rings. The lowest BCUT2D eigenvalue weighted by atomic mass is 10.2. The summed E-state index contributed by atoms with van der Waals surface area (Å²) >= 11 is 11.5. The molecule has 2 aromatic rings. The SMILES string of the molecule is Oc1c(Cl)cc(NCc2ccc(F)cc2F)cc1Cl. The van der Waals surface area contributed by atoms with E-state index in [0.717, 1.165) is 6.07 Å². The summed E-state index contributed by atoms with van der Waals surface area (Å²) in [5.41, 5.74) is 0.832. The van der Waals surface area contributed by atoms with Crippen molar-refractivity contribution >= 4 is 28.9 Å². The third-order valence-electron chi connectivity index (χ3n) is 2.51. The van der Waals surface area contributed by atoms with Gasteiger partial charge < -0.3 is 10.4 Å². The highest BCUT2D eigenvalue weighted by Crippen LogP contribution is 2.34. The smallest absolute Gasteiger partial charge is 0.152 e. The molecule has 0 amide bonds. The third kappa shape index (κ3) is 3.28. The molecule has 0 aliphatic rings. The third-order valence-corrected chi connectivity index (χ3v) is 3.09. The van der Waals surface area contributed by atoms with Crippen molar-refractivity contribution in [2.24, 2.45) is 0 Å². The first-order valence-electron chi connectivity index (χ1n) is 5.33. The number of hydrogen-bond acceptors (Lipinski definition) is 2. The fraction of sp³-hybridized carbons (Fsp3) is 0.0769. The lowest BCUT2D eigenvalue weighted by Crippen LogP contribution is -2.02. The fourth-order valence-electron chi connectivity index (χ4n) is 1.53. The van der Waals surface area contributed by atoms with Crippen LogP contribution in [0.5, 0.6) is 5.75 Å². The number of phenols is 1. The van der Waals surface area contributed by atoms with Crippen LogP contribution < -0.4 is 5.32 Å². The summed E-state index contributed by atoms with van der Waals surface area (Å²) in [4.78, 5) is 0. The zero-order valence-corrected chi connectivity index (χ0v) is 11.1. The van der Waals surface area contributed by atoms with Gasteiger partial charge in [-0.15, -0.1) is 0 Å². The first kappa shape index (κ1) is 13.9. The highest BCUT2D eigenvalue weighted by Gasteiger charge is 2.08. The summed E-state index contributed by atoms with van der Waals surface area (Å²) in [5, 5.41) is 12.5. The van der Waals surface area contributed by atoms with Crippen molar-refractivity contribution in [1.29, 1.82) is 0 Å². The number of nitrogens with one attached hydrogen (secondary N) is 1. The van der Waals surface area contributed by atoms with Gasteiger partial charge in [-0.3, -0.25) is 0 Å². The average molecular weight is 304 g/mol. The first-order valence-corrected chi connectivity index (χ1v) is 6.09. The van der Waals surface area contributed by atoms with Gasteiger partial charge in [-0.05, 0) is 18.2 Å². The molecule has 2 aromatic carbocycles. The number of halogens is 4. The minimum absolute atomic E-state index is 0.0922. The van der Waals surface area contributed by atoms with Crippen molar-refractivity contribution in [1.82, 2.24) is 0 Å². The van der Waals surface area contributed by atoms with E-state index in [1.807, 2.05) is 0 Å². The molecule has 0 aliphatic carbocycles. The molecule has 2 rings (SSSR count). The summed E-state index contributed by atoms with van der Waals surface area (Å²) in [6.07, 6.45) is 0. The second kappa shape index (κ2) is 5.63. The van der Waals surface area contributed by atoms with Crippen LogP contribution in [0.2, 0.25) is 10.0 Å². The molecule has 0 saturated carbocycles. The topological polar surface area (TPSA) is 32.3 Å². The largest absolute Gasteiger partial charge is 0.505 e. The number of phenolic OH excluding ortho intramolecular Hbond substituents is 1. The van der Waals surface area contributed by atoms with Crippen molar-refractivity contribution in [3.8, 4) is 5.75 Å². The van der Waals surface area contributed by atoms with Crippen molar-refractivity contribution in [2.75, 3.05) is 5.32 Å². The van der Waals surface area contributed by atoms with E-state index in [-0.39, 0.29) is 22.3 Å². The van der Waals surface area contributed by atoms with E-state index in [1.54, 1.807) is 0 Å². The van der Waals surface area contributed by atoms with Crippen molar-refractivity contribution in [3.05, 3.63) is 57.6 Å². The van der Waals surface area contributed by atoms with E-state index in [2.05, 4.69) is 5.32 Å². The predicted molar refractivity (Wildman–Crippen MR) is 71.8 cm³/mol. The summed E-state index contributed by atoms with van der Waals surface area (Å²) in [6.45, 7) is 0.142. The second-order valence-electron chi connectivity index (χ2n) is 3.88. The molecule has 6 heteroatoms. The molecular formula is C13H9Cl2F2NO. The van der Waals surface area contributed by atoms with Crippen LogP contribution in [0.4, 0.5) is 14.5 Å². The van der Waals surface area contributed by atoms with Crippen molar-refractivity contribution in [3.63, 3.8) is 0 Å². The fourth-order valence-corrected chi connectivity index (χ4v) is 2.02. The van der Waals surface area contributed by atoms with Crippen LogP contribution in [0.3, 0.4) is 0 Å². The quantitative estimate of drug-likeness (QED) is 0.813. The molecule has 0 saturated heterocycles. The van der Waals surface area contributed by atoms with E-state index >= 15 is 0 Å². The molecule has 2 nitrogen and oxygen atoms in total. The van der Waals surface area contributed by atoms with Gasteiger partial charge in [-0.1, -0.05) is 29.3 Å². The van der Waals surface area contributed by atoms with Gasteiger partial charge in [-0.25, -0.2) is 8.78 Å². The number of hydrogen-bond donors (Lipinski definition) is 2. The average Bonchev–Trinajstić information content (AvgIpc) is 2.34. The van der Waals surface area contributed by atoms with Crippen molar-refractivity contribution in [2.45, 2.75) is 6.54 Å². The molecule has 0 radical (unpaired) electrons. The summed E-state index contributed by atoms with van der Waals surface area (Å²) in [5.74, 6) is -1.47. The maximum Gasteiger partial charge on any atom is 0.152 e. The van der Waals surface area contributed by atoms with Gasteiger partial charge in [-0.2, -0.15) is 0 Å². The molecule has 0 bridgehead atoms. The second-order valence-corrected chi connectivity index (χ2v) is 4.69. The van der Waals surface area contributed by atoms with Crippen LogP contribution in [0.25, 0.3) is 0 Å². The van der Waals surface area contributed by atoms with Crippen LogP contribution in [0.1, 0.15) is 5.56 Å². The van der Waals surface area contributed by atoms with Crippen LogP contribution >= 0.6 is 23.2 Å². The molecule has 100 valence electrons. The van der Waals surface area contributed by atoms with E-state index < -0.39 is 11.6 Å². The lowest BCUT2D eigenvalue weighted by Gasteiger charge is -2.09. The van der Waals surface area contributed by atoms with Gasteiger partial charge in [0.2, 0.25) is 0 Å². The Hall–Kier alpha value is -1.52. The molecular weight excluding hydrogens is 295 g/mol. The predicted octanol–water partition coefficient (Wildman–Crippen LogP) is 4.59. The maximum atomic E-state index is 13.4. The summed E-state index contributed by atoms with van der Waals surface area (Å²) in [6, 6.07) is 6.26. The van der Waals surface area contributed by atoms with E-state index in [0.29, 0.717) is 11.3 Å². The monoisotopic (exact) mass is 303 g/mol. The number of rotatable bonds is 3. The Morgan fingerprint density at radius 1 is 1.05 bits per heavy atom. The molecule has 19 heavy (non-hydrogen) atoms. The van der Waals surface area contributed by atoms with Gasteiger partial charge >= 0.3 is 0 Å². The Balaban J connectivity index is 2.14. The van der Waals surface area contributed by atoms with Crippen LogP contribution in [-0.4, -0.2) is 5.11 Å². The first-order chi connectivity index (χ1) is 8.97. The molecule has 2 N–H and O–H groups in total. The van der Waals surface area contributed by atoms with Gasteiger partial charge in [0, 0.05) is 23.9 Å². The standard InChI is InChI=1S/C13H9Cl2F2NO/c14-10-4-9(5-11(15)13(10)19)18-6-7-1-2-8(16)3-12(7)17/h1-5,18-19H,6H2. The summed E-state index contributed by atoms with van der Waals surface area (Å²) in [7, 11) is 0. The molecule has 0 aromatic heterocycles. The number of benzene rings is 2. The van der Waals surface area contributed by atoms with E-state index in [1.165, 1.54) is 24.3 Å². The number of anilines is 1. The Bertz CT molecular complexity index is 597. The van der Waals surface area contributed by atoms with E-state index in [9.17, 15) is 13.9 Å². The molecule has 0 atom stereocenters. The lowest BCUT2D eigenvalue weighted by molar-refractivity contribution is 0.476. The molecule has 0 heterocycles. The van der Waals surface area contributed by atoms with Gasteiger partial charge in [0.15, 0.2) is 5.75 Å². The van der Waals surface area contributed by atoms with Crippen LogP contribution in [-0.2, 0) is 6.54 Å². The number of aromatic hydroxyl groups is 1. The Kier molecular flexibility index (Phi) is 4.12. The highest BCUT2D eigenvalue weighted by atomic mass is 35.5. The normalized spacial score (nSPS) is 10.5. The zero-order valence-electron chi connectivity index (χ0n) is 9.55. The highest BCUT2D eigenvalue weighted by molar-refractivity contribution is 6.37. The zero-order chi connectivity index (χ0) is 14.0. The van der Waals surface area contributed by atoms with Gasteiger partial charge in [0.1, 0.15) is 11.6 Å².